The molecular weight excluding hydrogens is 230 g/mol. The summed E-state index contributed by atoms with van der Waals surface area (Å²) in [6.07, 6.45) is 0. The summed E-state index contributed by atoms with van der Waals surface area (Å²) in [6.45, 7) is 3.50. The van der Waals surface area contributed by atoms with E-state index in [1.807, 2.05) is 25.1 Å². The Morgan fingerprint density at radius 3 is 2.67 bits per heavy atom. The number of hydrogen-bond donors (Lipinski definition) is 1. The summed E-state index contributed by atoms with van der Waals surface area (Å²) in [7, 11) is 1.64. The summed E-state index contributed by atoms with van der Waals surface area (Å²) in [5.74, 6) is -0.881. The maximum absolute atomic E-state index is 11.8. The first kappa shape index (κ1) is 12.4. The van der Waals surface area contributed by atoms with Gasteiger partial charge in [0, 0.05) is 32.4 Å². The number of piperazine rings is 1. The van der Waals surface area contributed by atoms with Crippen molar-refractivity contribution in [2.45, 2.75) is 13.5 Å². The summed E-state index contributed by atoms with van der Waals surface area (Å²) in [5.41, 5.74) is 8.50. The zero-order chi connectivity index (χ0) is 13.3. The quantitative estimate of drug-likeness (QED) is 0.607. The molecule has 1 aromatic rings. The van der Waals surface area contributed by atoms with Gasteiger partial charge in [-0.1, -0.05) is 12.1 Å². The van der Waals surface area contributed by atoms with Crippen LogP contribution in [0.4, 0.5) is 5.69 Å². The molecule has 1 fully saturated rings. The predicted molar refractivity (Wildman–Crippen MR) is 68.6 cm³/mol. The van der Waals surface area contributed by atoms with Crippen LogP contribution in [0.5, 0.6) is 0 Å². The Bertz CT molecular complexity index is 499. The topological polar surface area (TPSA) is 66.6 Å². The zero-order valence-electron chi connectivity index (χ0n) is 10.6. The van der Waals surface area contributed by atoms with Crippen LogP contribution < -0.4 is 5.73 Å². The molecule has 2 amide bonds. The molecule has 1 saturated heterocycles. The first-order chi connectivity index (χ1) is 8.50. The van der Waals surface area contributed by atoms with Gasteiger partial charge in [-0.3, -0.25) is 9.59 Å². The lowest BCUT2D eigenvalue weighted by atomic mass is 10.1. The highest BCUT2D eigenvalue weighted by atomic mass is 16.2. The minimum atomic E-state index is -0.442. The molecule has 96 valence electrons. The molecule has 1 heterocycles. The van der Waals surface area contributed by atoms with Gasteiger partial charge >= 0.3 is 11.8 Å². The summed E-state index contributed by atoms with van der Waals surface area (Å²) >= 11 is 0. The fourth-order valence-corrected chi connectivity index (χ4v) is 2.00. The van der Waals surface area contributed by atoms with E-state index in [0.717, 1.165) is 11.1 Å². The predicted octanol–water partition coefficient (Wildman–Crippen LogP) is 0.378. The van der Waals surface area contributed by atoms with E-state index in [9.17, 15) is 9.59 Å². The van der Waals surface area contributed by atoms with E-state index in [1.165, 1.54) is 4.90 Å². The van der Waals surface area contributed by atoms with Crippen LogP contribution in [-0.2, 0) is 16.1 Å². The average molecular weight is 247 g/mol. The van der Waals surface area contributed by atoms with Gasteiger partial charge in [-0.25, -0.2) is 0 Å². The van der Waals surface area contributed by atoms with Crippen molar-refractivity contribution < 1.29 is 9.59 Å². The van der Waals surface area contributed by atoms with E-state index >= 15 is 0 Å². The molecule has 0 spiro atoms. The Kier molecular flexibility index (Phi) is 3.23. The van der Waals surface area contributed by atoms with Gasteiger partial charge in [-0.2, -0.15) is 0 Å². The lowest BCUT2D eigenvalue weighted by molar-refractivity contribution is -0.155. The second-order valence-corrected chi connectivity index (χ2v) is 4.58. The number of nitrogen functional groups attached to an aromatic ring is 1. The van der Waals surface area contributed by atoms with Crippen molar-refractivity contribution in [3.8, 4) is 0 Å². The highest BCUT2D eigenvalue weighted by molar-refractivity contribution is 6.35. The minimum absolute atomic E-state index is 0.439. The van der Waals surface area contributed by atoms with Gasteiger partial charge in [0.15, 0.2) is 0 Å². The van der Waals surface area contributed by atoms with Gasteiger partial charge in [-0.15, -0.1) is 0 Å². The number of nitrogens with zero attached hydrogens (tertiary/aromatic N) is 2. The smallest absolute Gasteiger partial charge is 0.312 e. The van der Waals surface area contributed by atoms with Crippen molar-refractivity contribution in [3.05, 3.63) is 29.3 Å². The normalized spacial score (nSPS) is 16.3. The van der Waals surface area contributed by atoms with Crippen molar-refractivity contribution in [3.63, 3.8) is 0 Å². The summed E-state index contributed by atoms with van der Waals surface area (Å²) in [5, 5.41) is 0. The van der Waals surface area contributed by atoms with Crippen LogP contribution in [0, 0.1) is 6.92 Å². The van der Waals surface area contributed by atoms with Gasteiger partial charge in [0.05, 0.1) is 0 Å². The molecule has 1 aromatic carbocycles. The fourth-order valence-electron chi connectivity index (χ4n) is 2.00. The average Bonchev–Trinajstić information content (AvgIpc) is 2.35. The summed E-state index contributed by atoms with van der Waals surface area (Å²) in [4.78, 5) is 26.5. The summed E-state index contributed by atoms with van der Waals surface area (Å²) < 4.78 is 0. The molecule has 0 unspecified atom stereocenters. The van der Waals surface area contributed by atoms with Crippen molar-refractivity contribution in [2.24, 2.45) is 0 Å². The molecule has 2 rings (SSSR count). The standard InChI is InChI=1S/C13H17N3O2/c1-9-10(4-3-5-11(9)14)8-16-7-6-15(2)12(17)13(16)18/h3-5H,6-8,14H2,1-2H3. The highest BCUT2D eigenvalue weighted by Gasteiger charge is 2.30. The van der Waals surface area contributed by atoms with E-state index in [1.54, 1.807) is 11.9 Å². The number of nitrogens with two attached hydrogens (primary N) is 1. The molecule has 0 aliphatic carbocycles. The Morgan fingerprint density at radius 1 is 1.22 bits per heavy atom. The van der Waals surface area contributed by atoms with Crippen LogP contribution in [-0.4, -0.2) is 41.8 Å². The number of carbonyl (C=O) groups is 2. The lowest BCUT2D eigenvalue weighted by Gasteiger charge is -2.31. The zero-order valence-corrected chi connectivity index (χ0v) is 10.6. The van der Waals surface area contributed by atoms with Crippen molar-refractivity contribution in [2.75, 3.05) is 25.9 Å². The second-order valence-electron chi connectivity index (χ2n) is 4.58. The molecule has 2 N–H and O–H groups in total. The highest BCUT2D eigenvalue weighted by Crippen LogP contribution is 2.18. The second kappa shape index (κ2) is 4.68. The molecule has 0 atom stereocenters. The molecule has 18 heavy (non-hydrogen) atoms. The fraction of sp³-hybridized carbons (Fsp3) is 0.385. The Hall–Kier alpha value is -2.04. The number of rotatable bonds is 2. The van der Waals surface area contributed by atoms with Gasteiger partial charge < -0.3 is 15.5 Å². The molecule has 5 nitrogen and oxygen atoms in total. The summed E-state index contributed by atoms with van der Waals surface area (Å²) in [6, 6.07) is 5.62. The number of likely N-dealkylation sites (N-methyl/N-ethyl adjacent to an activating group) is 1. The third-order valence-corrected chi connectivity index (χ3v) is 3.37. The molecule has 0 radical (unpaired) electrons. The maximum Gasteiger partial charge on any atom is 0.312 e. The first-order valence-electron chi connectivity index (χ1n) is 5.89. The minimum Gasteiger partial charge on any atom is -0.399 e. The van der Waals surface area contributed by atoms with E-state index < -0.39 is 11.8 Å². The number of hydrogen-bond acceptors (Lipinski definition) is 3. The van der Waals surface area contributed by atoms with Crippen molar-refractivity contribution in [1.29, 1.82) is 0 Å². The van der Waals surface area contributed by atoms with Crippen molar-refractivity contribution >= 4 is 17.5 Å². The monoisotopic (exact) mass is 247 g/mol. The van der Waals surface area contributed by atoms with E-state index in [4.69, 9.17) is 5.73 Å². The molecular formula is C13H17N3O2. The van der Waals surface area contributed by atoms with E-state index in [2.05, 4.69) is 0 Å². The first-order valence-corrected chi connectivity index (χ1v) is 5.89. The molecule has 0 saturated carbocycles. The maximum atomic E-state index is 11.8. The number of anilines is 1. The molecule has 1 aliphatic rings. The number of amides is 2. The van der Waals surface area contributed by atoms with E-state index in [-0.39, 0.29) is 0 Å². The van der Waals surface area contributed by atoms with Gasteiger partial charge in [0.25, 0.3) is 0 Å². The van der Waals surface area contributed by atoms with Gasteiger partial charge in [0.2, 0.25) is 0 Å². The number of carbonyl (C=O) groups excluding carboxylic acids is 2. The lowest BCUT2D eigenvalue weighted by Crippen LogP contribution is -2.52. The Balaban J connectivity index is 2.17. The Labute approximate surface area is 106 Å². The molecule has 0 bridgehead atoms. The molecule has 0 aromatic heterocycles. The molecule has 1 aliphatic heterocycles. The van der Waals surface area contributed by atoms with Crippen LogP contribution >= 0.6 is 0 Å². The Morgan fingerprint density at radius 2 is 1.94 bits per heavy atom. The third kappa shape index (κ3) is 2.16. The third-order valence-electron chi connectivity index (χ3n) is 3.37. The van der Waals surface area contributed by atoms with Crippen LogP contribution in [0.1, 0.15) is 11.1 Å². The SMILES string of the molecule is Cc1c(N)cccc1CN1CCN(C)C(=O)C1=O. The molecule has 5 heteroatoms. The van der Waals surface area contributed by atoms with Crippen LogP contribution in [0.15, 0.2) is 18.2 Å². The largest absolute Gasteiger partial charge is 0.399 e. The van der Waals surface area contributed by atoms with Crippen LogP contribution in [0.25, 0.3) is 0 Å². The van der Waals surface area contributed by atoms with Gasteiger partial charge in [-0.05, 0) is 24.1 Å². The van der Waals surface area contributed by atoms with Crippen LogP contribution in [0.3, 0.4) is 0 Å². The van der Waals surface area contributed by atoms with Gasteiger partial charge in [0.1, 0.15) is 0 Å². The van der Waals surface area contributed by atoms with E-state index in [0.29, 0.717) is 25.3 Å². The van der Waals surface area contributed by atoms with Crippen molar-refractivity contribution in [1.82, 2.24) is 9.80 Å². The number of benzene rings is 1. The van der Waals surface area contributed by atoms with Crippen LogP contribution in [0.2, 0.25) is 0 Å².